The Kier molecular flexibility index (Phi) is 6.91. The number of thioether (sulfide) groups is 2. The van der Waals surface area contributed by atoms with Crippen LogP contribution < -0.4 is 0 Å². The van der Waals surface area contributed by atoms with Gasteiger partial charge in [0.1, 0.15) is 14.3 Å². The lowest BCUT2D eigenvalue weighted by molar-refractivity contribution is -0.138. The zero-order chi connectivity index (χ0) is 16.8. The maximum atomic E-state index is 12.6. The van der Waals surface area contributed by atoms with Crippen molar-refractivity contribution in [1.29, 1.82) is 0 Å². The average Bonchev–Trinajstić information content (AvgIpc) is 3.03. The number of carbonyl (C=O) groups excluding carboxylic acids is 3. The van der Waals surface area contributed by atoms with Crippen LogP contribution in [0.4, 0.5) is 0 Å². The quantitative estimate of drug-likeness (QED) is 0.279. The maximum Gasteiger partial charge on any atom is 0.294 e. The van der Waals surface area contributed by atoms with Gasteiger partial charge in [0.2, 0.25) is 5.91 Å². The van der Waals surface area contributed by atoms with Crippen molar-refractivity contribution in [3.63, 3.8) is 0 Å². The second-order valence-corrected chi connectivity index (χ2v) is 7.63. The van der Waals surface area contributed by atoms with E-state index in [0.29, 0.717) is 20.8 Å². The number of nitrogens with zero attached hydrogens (tertiary/aromatic N) is 2. The Morgan fingerprint density at radius 2 is 2.04 bits per heavy atom. The highest BCUT2D eigenvalue weighted by Crippen LogP contribution is 2.41. The van der Waals surface area contributed by atoms with Crippen molar-refractivity contribution in [1.82, 2.24) is 9.80 Å². The van der Waals surface area contributed by atoms with E-state index in [2.05, 4.69) is 11.7 Å². The molecule has 9 heteroatoms. The van der Waals surface area contributed by atoms with E-state index in [9.17, 15) is 14.4 Å². The molecule has 2 aliphatic heterocycles. The number of rotatable bonds is 8. The van der Waals surface area contributed by atoms with Crippen LogP contribution in [-0.4, -0.2) is 51.4 Å². The Labute approximate surface area is 149 Å². The lowest BCUT2D eigenvalue weighted by Crippen LogP contribution is -2.31. The molecule has 2 fully saturated rings. The fourth-order valence-electron chi connectivity index (χ4n) is 2.24. The SMILES string of the molecule is CCCCCCN1C(=O)/C(=C2\SCC(=O)N2COC=O)SC1=S. The van der Waals surface area contributed by atoms with Gasteiger partial charge in [-0.2, -0.15) is 0 Å². The molecule has 0 saturated carbocycles. The molecule has 2 amide bonds. The standard InChI is InChI=1S/C14H18N2O4S3/c1-2-3-4-5-6-15-12(19)11(23-14(15)21)13-16(8-20-9-17)10(18)7-22-13/h9H,2-8H2,1H3/b13-11+. The second kappa shape index (κ2) is 8.70. The number of ether oxygens (including phenoxy) is 1. The summed E-state index contributed by atoms with van der Waals surface area (Å²) >= 11 is 7.79. The topological polar surface area (TPSA) is 66.9 Å². The van der Waals surface area contributed by atoms with Crippen molar-refractivity contribution >= 4 is 58.3 Å². The van der Waals surface area contributed by atoms with Crippen molar-refractivity contribution in [2.75, 3.05) is 19.0 Å². The lowest BCUT2D eigenvalue weighted by atomic mass is 10.2. The highest BCUT2D eigenvalue weighted by molar-refractivity contribution is 8.27. The highest BCUT2D eigenvalue weighted by Gasteiger charge is 2.39. The fourth-order valence-corrected chi connectivity index (χ4v) is 4.76. The van der Waals surface area contributed by atoms with Gasteiger partial charge in [-0.3, -0.25) is 24.2 Å². The summed E-state index contributed by atoms with van der Waals surface area (Å²) in [6, 6.07) is 0. The Morgan fingerprint density at radius 1 is 1.26 bits per heavy atom. The predicted molar refractivity (Wildman–Crippen MR) is 94.4 cm³/mol. The third-order valence-electron chi connectivity index (χ3n) is 3.43. The van der Waals surface area contributed by atoms with E-state index in [-0.39, 0.29) is 30.8 Å². The van der Waals surface area contributed by atoms with Gasteiger partial charge in [0.15, 0.2) is 6.73 Å². The minimum Gasteiger partial charge on any atom is -0.446 e. The predicted octanol–water partition coefficient (Wildman–Crippen LogP) is 2.30. The molecule has 126 valence electrons. The molecule has 0 aliphatic carbocycles. The molecule has 0 N–H and O–H groups in total. The number of hydrogen-bond donors (Lipinski definition) is 0. The summed E-state index contributed by atoms with van der Waals surface area (Å²) in [5.74, 6) is -0.108. The van der Waals surface area contributed by atoms with Gasteiger partial charge in [0.05, 0.1) is 5.75 Å². The molecule has 0 atom stereocenters. The summed E-state index contributed by atoms with van der Waals surface area (Å²) in [5, 5.41) is 0.533. The first kappa shape index (κ1) is 18.3. The molecular formula is C14H18N2O4S3. The number of amides is 2. The zero-order valence-electron chi connectivity index (χ0n) is 12.8. The molecule has 2 rings (SSSR count). The largest absolute Gasteiger partial charge is 0.446 e. The van der Waals surface area contributed by atoms with Crippen LogP contribution in [0.1, 0.15) is 32.6 Å². The maximum absolute atomic E-state index is 12.6. The summed E-state index contributed by atoms with van der Waals surface area (Å²) in [5.41, 5.74) is 0. The number of hydrogen-bond acceptors (Lipinski definition) is 7. The van der Waals surface area contributed by atoms with E-state index in [1.807, 2.05) is 0 Å². The normalized spacial score (nSPS) is 21.5. The minimum atomic E-state index is -0.180. The molecule has 2 aliphatic rings. The lowest BCUT2D eigenvalue weighted by Gasteiger charge is -2.17. The molecule has 2 saturated heterocycles. The van der Waals surface area contributed by atoms with Crippen LogP contribution in [0.2, 0.25) is 0 Å². The van der Waals surface area contributed by atoms with Gasteiger partial charge >= 0.3 is 0 Å². The molecule has 2 heterocycles. The summed E-state index contributed by atoms with van der Waals surface area (Å²) in [6.07, 6.45) is 4.24. The molecule has 0 aromatic rings. The van der Waals surface area contributed by atoms with Crippen LogP contribution in [0, 0.1) is 0 Å². The van der Waals surface area contributed by atoms with Gasteiger partial charge in [-0.15, -0.1) is 0 Å². The van der Waals surface area contributed by atoms with Crippen molar-refractivity contribution in [3.05, 3.63) is 9.93 Å². The van der Waals surface area contributed by atoms with Crippen molar-refractivity contribution < 1.29 is 19.1 Å². The molecule has 23 heavy (non-hydrogen) atoms. The van der Waals surface area contributed by atoms with Crippen LogP contribution in [0.3, 0.4) is 0 Å². The molecule has 0 spiro atoms. The molecule has 6 nitrogen and oxygen atoms in total. The van der Waals surface area contributed by atoms with Gasteiger partial charge in [-0.25, -0.2) is 0 Å². The van der Waals surface area contributed by atoms with Crippen LogP contribution in [0.15, 0.2) is 9.93 Å². The summed E-state index contributed by atoms with van der Waals surface area (Å²) in [4.78, 5) is 38.2. The Balaban J connectivity index is 2.10. The molecule has 0 aromatic heterocycles. The van der Waals surface area contributed by atoms with Crippen LogP contribution in [0.5, 0.6) is 0 Å². The summed E-state index contributed by atoms with van der Waals surface area (Å²) in [7, 11) is 0. The van der Waals surface area contributed by atoms with Crippen LogP contribution >= 0.6 is 35.7 Å². The first-order valence-corrected chi connectivity index (χ1v) is 9.57. The first-order chi connectivity index (χ1) is 11.1. The number of thiocarbonyl (C=S) groups is 1. The van der Waals surface area contributed by atoms with Gasteiger partial charge < -0.3 is 4.74 Å². The smallest absolute Gasteiger partial charge is 0.294 e. The van der Waals surface area contributed by atoms with E-state index >= 15 is 0 Å². The van der Waals surface area contributed by atoms with Gasteiger partial charge in [0, 0.05) is 6.54 Å². The molecule has 0 bridgehead atoms. The van der Waals surface area contributed by atoms with Crippen molar-refractivity contribution in [3.8, 4) is 0 Å². The van der Waals surface area contributed by atoms with Gasteiger partial charge in [-0.05, 0) is 6.42 Å². The first-order valence-electron chi connectivity index (χ1n) is 7.36. The van der Waals surface area contributed by atoms with Gasteiger partial charge in [-0.1, -0.05) is 61.9 Å². The molecule has 0 aromatic carbocycles. The monoisotopic (exact) mass is 374 g/mol. The molecule has 0 unspecified atom stereocenters. The van der Waals surface area contributed by atoms with Crippen molar-refractivity contribution in [2.45, 2.75) is 32.6 Å². The summed E-state index contributed by atoms with van der Waals surface area (Å²) < 4.78 is 5.19. The van der Waals surface area contributed by atoms with Crippen molar-refractivity contribution in [2.24, 2.45) is 0 Å². The molecular weight excluding hydrogens is 356 g/mol. The van der Waals surface area contributed by atoms with Gasteiger partial charge in [0.25, 0.3) is 12.4 Å². The molecule has 0 radical (unpaired) electrons. The van der Waals surface area contributed by atoms with E-state index in [1.54, 1.807) is 4.90 Å². The van der Waals surface area contributed by atoms with E-state index in [1.165, 1.54) is 28.4 Å². The van der Waals surface area contributed by atoms with E-state index in [4.69, 9.17) is 12.2 Å². The third-order valence-corrected chi connectivity index (χ3v) is 6.08. The zero-order valence-corrected chi connectivity index (χ0v) is 15.2. The number of unbranched alkanes of at least 4 members (excludes halogenated alkanes) is 3. The van der Waals surface area contributed by atoms with E-state index in [0.717, 1.165) is 25.7 Å². The second-order valence-electron chi connectivity index (χ2n) is 5.02. The Bertz CT molecular complexity index is 550. The highest BCUT2D eigenvalue weighted by atomic mass is 32.2. The number of carbonyl (C=O) groups is 3. The van der Waals surface area contributed by atoms with Crippen LogP contribution in [-0.2, 0) is 19.1 Å². The van der Waals surface area contributed by atoms with Crippen LogP contribution in [0.25, 0.3) is 0 Å². The Morgan fingerprint density at radius 3 is 2.74 bits per heavy atom. The fraction of sp³-hybridized carbons (Fsp3) is 0.571. The third kappa shape index (κ3) is 4.27. The van der Waals surface area contributed by atoms with E-state index < -0.39 is 0 Å². The minimum absolute atomic E-state index is 0.162. The average molecular weight is 375 g/mol. The summed E-state index contributed by atoms with van der Waals surface area (Å²) in [6.45, 7) is 2.84. The Hall–Kier alpha value is -1.06.